The van der Waals surface area contributed by atoms with Crippen LogP contribution in [0.25, 0.3) is 32.3 Å². The molecule has 2 aliphatic carbocycles. The number of nitrogens with one attached hydrogen (secondary N) is 2. The van der Waals surface area contributed by atoms with Gasteiger partial charge in [0.25, 0.3) is 0 Å². The van der Waals surface area contributed by atoms with E-state index in [1.807, 2.05) is 18.2 Å². The van der Waals surface area contributed by atoms with Gasteiger partial charge in [-0.1, -0.05) is 130 Å². The van der Waals surface area contributed by atoms with Crippen molar-refractivity contribution in [2.45, 2.75) is 95.1 Å². The van der Waals surface area contributed by atoms with E-state index in [1.54, 1.807) is 30.5 Å². The normalized spacial score (nSPS) is 23.1. The Balaban J connectivity index is 0.000000239. The molecule has 4 atom stereocenters. The van der Waals surface area contributed by atoms with Gasteiger partial charge >= 0.3 is 0 Å². The van der Waals surface area contributed by atoms with Gasteiger partial charge in [-0.25, -0.2) is 17.6 Å². The monoisotopic (exact) mass is 756 g/mol. The van der Waals surface area contributed by atoms with E-state index in [0.717, 1.165) is 58.2 Å². The fourth-order valence-electron chi connectivity index (χ4n) is 4.93. The van der Waals surface area contributed by atoms with Crippen molar-refractivity contribution < 1.29 is 44.9 Å². The summed E-state index contributed by atoms with van der Waals surface area (Å²) in [6.45, 7) is 3.11. The summed E-state index contributed by atoms with van der Waals surface area (Å²) in [7, 11) is 0. The second-order valence-corrected chi connectivity index (χ2v) is 11.2. The zero-order valence-electron chi connectivity index (χ0n) is 27.0. The molecule has 0 radical (unpaired) electrons. The number of nitrogens with zero attached hydrogens (tertiary/aromatic N) is 6. The van der Waals surface area contributed by atoms with Gasteiger partial charge in [0.05, 0.1) is 12.3 Å². The summed E-state index contributed by atoms with van der Waals surface area (Å²) in [5.74, 6) is -0.938. The van der Waals surface area contributed by atoms with Crippen LogP contribution in [-0.4, -0.2) is 44.1 Å². The molecule has 258 valence electrons. The van der Waals surface area contributed by atoms with Gasteiger partial charge in [-0.15, -0.1) is 25.7 Å². The first kappa shape index (κ1) is 40.9. The molecule has 2 aromatic carbocycles. The number of allylic oxidation sites excluding steroid dienone is 2. The summed E-state index contributed by atoms with van der Waals surface area (Å²) in [4.78, 5) is 0. The van der Waals surface area contributed by atoms with Crippen molar-refractivity contribution in [1.82, 2.24) is 11.1 Å². The number of benzene rings is 2. The third-order valence-corrected chi connectivity index (χ3v) is 7.57. The largest absolute Gasteiger partial charge is 0.687 e. The SMILES string of the molecule is C1=CC[N-]C=C1.C1CC[N-]CC1.FC1CCCCC1[N-]N[N-]C1CCCCC1F.Fc1ccccc1[N-]N[N-]c1ccccc1F.[Cd]. The number of alkyl halides is 2. The minimum Gasteiger partial charge on any atom is -0.687 e. The molecule has 4 unspecified atom stereocenters. The first-order valence-electron chi connectivity index (χ1n) is 16.2. The minimum atomic E-state index is -0.862. The molecule has 1 saturated heterocycles. The molecule has 4 aliphatic rings. The first-order chi connectivity index (χ1) is 22.5. The number of halogens is 4. The van der Waals surface area contributed by atoms with Crippen LogP contribution in [0.15, 0.2) is 73.0 Å². The predicted molar refractivity (Wildman–Crippen MR) is 180 cm³/mol. The first-order valence-corrected chi connectivity index (χ1v) is 16.2. The van der Waals surface area contributed by atoms with Gasteiger partial charge in [0.2, 0.25) is 0 Å². The van der Waals surface area contributed by atoms with E-state index in [9.17, 15) is 17.6 Å². The molecule has 8 nitrogen and oxygen atoms in total. The molecule has 2 aromatic rings. The van der Waals surface area contributed by atoms with Crippen molar-refractivity contribution in [1.29, 1.82) is 0 Å². The van der Waals surface area contributed by atoms with E-state index in [2.05, 4.69) is 43.4 Å². The summed E-state index contributed by atoms with van der Waals surface area (Å²) >= 11 is 0. The molecular weight excluding hydrogens is 709 g/mol. The zero-order valence-corrected chi connectivity index (χ0v) is 31.1. The van der Waals surface area contributed by atoms with Crippen molar-refractivity contribution in [3.63, 3.8) is 0 Å². The molecule has 13 heteroatoms. The van der Waals surface area contributed by atoms with Crippen LogP contribution in [0, 0.1) is 11.6 Å². The summed E-state index contributed by atoms with van der Waals surface area (Å²) in [6, 6.07) is 11.3. The van der Waals surface area contributed by atoms with Crippen LogP contribution in [0.2, 0.25) is 0 Å². The smallest absolute Gasteiger partial charge is 0.109 e. The standard InChI is InChI=1S/C12H21F2N3.C12H9F2N3.C5H10N.C5H6N.Cd/c2*13-9-5-1-3-7-11(9)15-17-16-12-8-4-2-6-10(12)14;2*1-2-4-6-5-3-1;/h9-12,17H,1-8H2;1-8,17H;1-5H2;1-4H,5H2;/q2*-2;2*-1;. The van der Waals surface area contributed by atoms with Crippen molar-refractivity contribution >= 4 is 11.4 Å². The number of hydrogen-bond donors (Lipinski definition) is 2. The van der Waals surface area contributed by atoms with Gasteiger partial charge in [0, 0.05) is 27.3 Å². The van der Waals surface area contributed by atoms with Crippen LogP contribution >= 0.6 is 0 Å². The Morgan fingerprint density at radius 3 is 1.47 bits per heavy atom. The van der Waals surface area contributed by atoms with E-state index in [4.69, 9.17) is 0 Å². The topological polar surface area (TPSA) is 109 Å². The van der Waals surface area contributed by atoms with Gasteiger partial charge in [-0.3, -0.25) is 0 Å². The molecule has 2 saturated carbocycles. The van der Waals surface area contributed by atoms with E-state index in [-0.39, 0.29) is 50.8 Å². The quantitative estimate of drug-likeness (QED) is 0.159. The van der Waals surface area contributed by atoms with E-state index in [1.165, 1.54) is 43.5 Å². The molecule has 0 aromatic heterocycles. The average Bonchev–Trinajstić information content (AvgIpc) is 3.11. The Kier molecular flexibility index (Phi) is 22.4. The molecule has 0 spiro atoms. The van der Waals surface area contributed by atoms with Crippen LogP contribution in [0.3, 0.4) is 0 Å². The third-order valence-electron chi connectivity index (χ3n) is 7.57. The van der Waals surface area contributed by atoms with Crippen LogP contribution in [0.4, 0.5) is 28.9 Å². The average molecular weight is 755 g/mol. The molecule has 47 heavy (non-hydrogen) atoms. The maximum atomic E-state index is 13.4. The fraction of sp³-hybridized carbons (Fsp3) is 0.529. The molecule has 0 bridgehead atoms. The number of rotatable bonds is 8. The Hall–Kier alpha value is -2.24. The van der Waals surface area contributed by atoms with E-state index >= 15 is 0 Å². The Bertz CT molecular complexity index is 1050. The molecule has 2 heterocycles. The van der Waals surface area contributed by atoms with Crippen molar-refractivity contribution in [2.75, 3.05) is 19.6 Å². The number of para-hydroxylation sites is 2. The van der Waals surface area contributed by atoms with Crippen molar-refractivity contribution in [3.8, 4) is 0 Å². The molecule has 2 N–H and O–H groups in total. The summed E-state index contributed by atoms with van der Waals surface area (Å²) < 4.78 is 53.2. The molecule has 3 fully saturated rings. The predicted octanol–water partition coefficient (Wildman–Crippen LogP) is 10.8. The second kappa shape index (κ2) is 25.7. The molecule has 2 aliphatic heterocycles. The Morgan fingerprint density at radius 1 is 0.617 bits per heavy atom. The van der Waals surface area contributed by atoms with Crippen LogP contribution < -0.4 is 11.1 Å². The Morgan fingerprint density at radius 2 is 1.13 bits per heavy atom. The Labute approximate surface area is 297 Å². The van der Waals surface area contributed by atoms with Gasteiger partial charge in [0.1, 0.15) is 11.6 Å². The van der Waals surface area contributed by atoms with E-state index in [0.29, 0.717) is 12.8 Å². The van der Waals surface area contributed by atoms with Gasteiger partial charge in [-0.2, -0.15) is 6.20 Å². The van der Waals surface area contributed by atoms with Gasteiger partial charge in [0.15, 0.2) is 0 Å². The third kappa shape index (κ3) is 17.6. The molecule has 0 amide bonds. The van der Waals surface area contributed by atoms with Crippen LogP contribution in [0.1, 0.15) is 70.6 Å². The minimum absolute atomic E-state index is 0. The van der Waals surface area contributed by atoms with Crippen molar-refractivity contribution in [3.05, 3.63) is 117 Å². The fourth-order valence-corrected chi connectivity index (χ4v) is 4.93. The van der Waals surface area contributed by atoms with Crippen molar-refractivity contribution in [2.24, 2.45) is 0 Å². The zero-order chi connectivity index (χ0) is 32.7. The maximum absolute atomic E-state index is 13.4. The summed E-state index contributed by atoms with van der Waals surface area (Å²) in [5.41, 5.74) is 20.5. The summed E-state index contributed by atoms with van der Waals surface area (Å²) in [5, 5.41) is 8.09. The second-order valence-electron chi connectivity index (χ2n) is 11.2. The van der Waals surface area contributed by atoms with Gasteiger partial charge in [-0.05, 0) is 25.0 Å². The number of hydrogen-bond acceptors (Lipinski definition) is 2. The van der Waals surface area contributed by atoms with E-state index < -0.39 is 24.0 Å². The number of piperidine rings is 1. The summed E-state index contributed by atoms with van der Waals surface area (Å²) in [6.07, 6.45) is 16.7. The van der Waals surface area contributed by atoms with Crippen LogP contribution in [0.5, 0.6) is 0 Å². The maximum Gasteiger partial charge on any atom is 0.109 e. The molecular formula is C34H46CdF4N8-6. The van der Waals surface area contributed by atoms with Crippen LogP contribution in [-0.2, 0) is 27.3 Å². The van der Waals surface area contributed by atoms with Gasteiger partial charge < -0.3 is 43.4 Å². The molecule has 6 rings (SSSR count).